The number of benzene rings is 6. The summed E-state index contributed by atoms with van der Waals surface area (Å²) in [6.07, 6.45) is 3.86. The van der Waals surface area contributed by atoms with Gasteiger partial charge in [0.2, 0.25) is 5.91 Å². The van der Waals surface area contributed by atoms with Crippen LogP contribution in [-0.2, 0) is 22.4 Å². The zero-order valence-electron chi connectivity index (χ0n) is 30.8. The molecule has 1 N–H and O–H groups in total. The van der Waals surface area contributed by atoms with Crippen LogP contribution in [0.15, 0.2) is 150 Å². The topological polar surface area (TPSA) is 95.3 Å². The molecule has 0 spiro atoms. The maximum Gasteiger partial charge on any atom is 0.249 e. The van der Waals surface area contributed by atoms with Gasteiger partial charge < -0.3 is 19.9 Å². The van der Waals surface area contributed by atoms with Crippen molar-refractivity contribution in [3.8, 4) is 16.9 Å². The fourth-order valence-corrected chi connectivity index (χ4v) is 7.74. The summed E-state index contributed by atoms with van der Waals surface area (Å²) in [5.74, 6) is 0.631. The highest BCUT2D eigenvalue weighted by Crippen LogP contribution is 2.44. The number of aliphatic imine (C=N–C) groups is 2. The van der Waals surface area contributed by atoms with Crippen molar-refractivity contribution in [1.82, 2.24) is 0 Å². The summed E-state index contributed by atoms with van der Waals surface area (Å²) in [7, 11) is 0. The third-order valence-electron chi connectivity index (χ3n) is 10.6. The number of carbonyl (C=O) groups excluding carboxylic acids is 1. The van der Waals surface area contributed by atoms with Crippen LogP contribution in [0.5, 0.6) is 5.75 Å². The van der Waals surface area contributed by atoms with Crippen LogP contribution in [0.3, 0.4) is 0 Å². The predicted octanol–water partition coefficient (Wildman–Crippen LogP) is 8.92. The molecule has 0 unspecified atom stereocenters. The van der Waals surface area contributed by atoms with Gasteiger partial charge in [-0.15, -0.1) is 0 Å². The minimum Gasteiger partial charge on any atom is -0.599 e. The standard InChI is InChI=1S/C48H45N3O4/c52-47-46(30-34-22-23-35-15-6-7-16-36(35)29-34)50-44(42-31-37(24-25-45(42)51-47)54-28-26-33-13-3-1-4-14-33)21-5-2-12-27-49-48(53)55-32-43-40-19-10-8-17-38(40)39-18-9-11-20-41(39)43/h1,3-4,6-11,13-20,22-25,29,31,43,46H,2,5,12,21,26-28,30,32H2,(H,49,53)(H,51,52)/p-1/t46-/m1/s1. The number of amides is 1. The molecular formula is C48H44N3O4-. The second-order valence-corrected chi connectivity index (χ2v) is 14.3. The molecule has 7 heteroatoms. The SMILES string of the molecule is O=C1Nc2ccc(OCCc3ccccc3)cc2C(CCCCCN=C([O-])OCC2c3ccccc3-c3ccccc32)=N[C@@H]1Cc1ccc2ccccc2c1. The van der Waals surface area contributed by atoms with Gasteiger partial charge >= 0.3 is 0 Å². The van der Waals surface area contributed by atoms with Crippen molar-refractivity contribution < 1.29 is 19.4 Å². The zero-order valence-corrected chi connectivity index (χ0v) is 30.8. The molecule has 1 aliphatic carbocycles. The van der Waals surface area contributed by atoms with Crippen LogP contribution in [0, 0.1) is 0 Å². The molecule has 6 aromatic carbocycles. The number of nitrogens with zero attached hydrogens (tertiary/aromatic N) is 2. The van der Waals surface area contributed by atoms with Crippen molar-refractivity contribution in [3.05, 3.63) is 167 Å². The van der Waals surface area contributed by atoms with Crippen molar-refractivity contribution in [2.24, 2.45) is 9.98 Å². The van der Waals surface area contributed by atoms with Crippen molar-refractivity contribution in [2.45, 2.75) is 50.5 Å². The molecule has 8 rings (SSSR count). The van der Waals surface area contributed by atoms with Crippen molar-refractivity contribution >= 4 is 34.2 Å². The Labute approximate surface area is 322 Å². The van der Waals surface area contributed by atoms with Gasteiger partial charge in [-0.3, -0.25) is 14.8 Å². The normalized spacial score (nSPS) is 15.1. The highest BCUT2D eigenvalue weighted by atomic mass is 16.6. The highest BCUT2D eigenvalue weighted by molar-refractivity contribution is 6.12. The molecule has 1 aliphatic heterocycles. The van der Waals surface area contributed by atoms with E-state index in [0.717, 1.165) is 59.3 Å². The Morgan fingerprint density at radius 3 is 2.22 bits per heavy atom. The lowest BCUT2D eigenvalue weighted by atomic mass is 9.98. The lowest BCUT2D eigenvalue weighted by Gasteiger charge is -2.21. The molecule has 7 nitrogen and oxygen atoms in total. The van der Waals surface area contributed by atoms with Crippen LogP contribution >= 0.6 is 0 Å². The fourth-order valence-electron chi connectivity index (χ4n) is 7.74. The van der Waals surface area contributed by atoms with Gasteiger partial charge in [0.1, 0.15) is 17.9 Å². The Morgan fingerprint density at radius 1 is 0.691 bits per heavy atom. The molecule has 2 aliphatic rings. The lowest BCUT2D eigenvalue weighted by Crippen LogP contribution is -2.27. The highest BCUT2D eigenvalue weighted by Gasteiger charge is 2.28. The van der Waals surface area contributed by atoms with Gasteiger partial charge in [-0.1, -0.05) is 128 Å². The van der Waals surface area contributed by atoms with Crippen LogP contribution < -0.4 is 15.2 Å². The number of ether oxygens (including phenoxy) is 2. The number of hydrogen-bond donors (Lipinski definition) is 1. The molecule has 0 radical (unpaired) electrons. The summed E-state index contributed by atoms with van der Waals surface area (Å²) in [6.45, 7) is 1.20. The van der Waals surface area contributed by atoms with Gasteiger partial charge in [-0.2, -0.15) is 0 Å². The quantitative estimate of drug-likeness (QED) is 0.0689. The summed E-state index contributed by atoms with van der Waals surface area (Å²) in [5, 5.41) is 18.2. The number of benzodiazepines with no additional fused rings is 1. The minimum absolute atomic E-state index is 0.0102. The van der Waals surface area contributed by atoms with Crippen LogP contribution in [-0.4, -0.2) is 43.5 Å². The number of carbonyl (C=O) groups is 1. The maximum atomic E-state index is 13.6. The largest absolute Gasteiger partial charge is 0.599 e. The first-order valence-corrected chi connectivity index (χ1v) is 19.3. The van der Waals surface area contributed by atoms with Gasteiger partial charge in [0.15, 0.2) is 0 Å². The molecular weight excluding hydrogens is 683 g/mol. The van der Waals surface area contributed by atoms with Gasteiger partial charge in [0.05, 0.1) is 12.3 Å². The van der Waals surface area contributed by atoms with Crippen LogP contribution in [0.2, 0.25) is 0 Å². The average Bonchev–Trinajstić information content (AvgIpc) is 3.47. The molecule has 0 saturated heterocycles. The maximum absolute atomic E-state index is 13.6. The first-order chi connectivity index (χ1) is 27.1. The van der Waals surface area contributed by atoms with Gasteiger partial charge in [0.25, 0.3) is 0 Å². The summed E-state index contributed by atoms with van der Waals surface area (Å²) in [5.41, 5.74) is 9.54. The molecule has 0 bridgehead atoms. The first-order valence-electron chi connectivity index (χ1n) is 19.3. The monoisotopic (exact) mass is 726 g/mol. The Hall–Kier alpha value is -6.21. The molecule has 0 saturated carbocycles. The van der Waals surface area contributed by atoms with Crippen molar-refractivity contribution in [1.29, 1.82) is 0 Å². The molecule has 0 aromatic heterocycles. The minimum atomic E-state index is -0.574. The molecule has 276 valence electrons. The van der Waals surface area contributed by atoms with E-state index >= 15 is 0 Å². The molecule has 1 atom stereocenters. The number of nitrogens with one attached hydrogen (secondary N) is 1. The number of anilines is 1. The van der Waals surface area contributed by atoms with Crippen LogP contribution in [0.1, 0.15) is 59.4 Å². The molecule has 1 amide bonds. The number of rotatable bonds is 14. The molecule has 0 fully saturated rings. The first kappa shape index (κ1) is 35.8. The van der Waals surface area contributed by atoms with Crippen molar-refractivity contribution in [3.63, 3.8) is 0 Å². The zero-order chi connectivity index (χ0) is 37.4. The van der Waals surface area contributed by atoms with E-state index in [1.807, 2.05) is 72.8 Å². The summed E-state index contributed by atoms with van der Waals surface area (Å²) in [4.78, 5) is 23.0. The van der Waals surface area contributed by atoms with E-state index < -0.39 is 12.1 Å². The lowest BCUT2D eigenvalue weighted by molar-refractivity contribution is -0.251. The second-order valence-electron chi connectivity index (χ2n) is 14.3. The Bertz CT molecular complexity index is 2310. The third-order valence-corrected chi connectivity index (χ3v) is 10.6. The number of hydrogen-bond acceptors (Lipinski definition) is 6. The van der Waals surface area contributed by atoms with E-state index in [0.29, 0.717) is 26.0 Å². The summed E-state index contributed by atoms with van der Waals surface area (Å²) < 4.78 is 11.9. The molecule has 55 heavy (non-hydrogen) atoms. The number of unbranched alkanes of at least 4 members (excludes halogenated alkanes) is 2. The van der Waals surface area contributed by atoms with E-state index in [1.54, 1.807) is 0 Å². The fraction of sp³-hybridized carbons (Fsp3) is 0.229. The van der Waals surface area contributed by atoms with E-state index in [1.165, 1.54) is 33.2 Å². The van der Waals surface area contributed by atoms with Crippen molar-refractivity contribution in [2.75, 3.05) is 25.1 Å². The van der Waals surface area contributed by atoms with E-state index in [4.69, 9.17) is 14.5 Å². The summed E-state index contributed by atoms with van der Waals surface area (Å²) in [6, 6.07) is 46.7. The Balaban J connectivity index is 0.915. The Kier molecular flexibility index (Phi) is 11.0. The third kappa shape index (κ3) is 8.47. The van der Waals surface area contributed by atoms with E-state index in [-0.39, 0.29) is 18.4 Å². The van der Waals surface area contributed by atoms with E-state index in [2.05, 4.69) is 77.0 Å². The number of fused-ring (bicyclic) bond motifs is 5. The molecule has 6 aromatic rings. The second kappa shape index (κ2) is 16.9. The van der Waals surface area contributed by atoms with E-state index in [9.17, 15) is 9.90 Å². The molecule has 1 heterocycles. The average molecular weight is 727 g/mol. The van der Waals surface area contributed by atoms with Gasteiger partial charge in [-0.25, -0.2) is 0 Å². The van der Waals surface area contributed by atoms with Crippen LogP contribution in [0.25, 0.3) is 21.9 Å². The predicted molar refractivity (Wildman–Crippen MR) is 219 cm³/mol. The van der Waals surface area contributed by atoms with Gasteiger partial charge in [0, 0.05) is 43.2 Å². The smallest absolute Gasteiger partial charge is 0.249 e. The summed E-state index contributed by atoms with van der Waals surface area (Å²) >= 11 is 0. The van der Waals surface area contributed by atoms with Crippen LogP contribution in [0.4, 0.5) is 5.69 Å². The Morgan fingerprint density at radius 2 is 1.42 bits per heavy atom. The van der Waals surface area contributed by atoms with Gasteiger partial charge in [-0.05, 0) is 81.6 Å².